The Hall–Kier alpha value is -2.05. The average Bonchev–Trinajstić information content (AvgIpc) is 2.54. The first-order valence-corrected chi connectivity index (χ1v) is 9.42. The van der Waals surface area contributed by atoms with Gasteiger partial charge in [0.25, 0.3) is 10.1 Å². The molecule has 2 rings (SSSR count). The topological polar surface area (TPSA) is 83.8 Å². The maximum atomic E-state index is 11.4. The van der Waals surface area contributed by atoms with E-state index in [1.807, 2.05) is 0 Å². The first-order chi connectivity index (χ1) is 11.4. The van der Waals surface area contributed by atoms with Crippen LogP contribution in [0.1, 0.15) is 38.2 Å². The lowest BCUT2D eigenvalue weighted by Crippen LogP contribution is -2.01. The molecule has 0 aliphatic heterocycles. The highest BCUT2D eigenvalue weighted by Gasteiger charge is 2.16. The number of phenols is 1. The lowest BCUT2D eigenvalue weighted by atomic mass is 10.1. The average molecular weight is 350 g/mol. The van der Waals surface area contributed by atoms with E-state index >= 15 is 0 Å². The molecule has 0 amide bonds. The molecule has 0 unspecified atom stereocenters. The highest BCUT2D eigenvalue weighted by atomic mass is 32.2. The first-order valence-electron chi connectivity index (χ1n) is 7.98. The molecule has 24 heavy (non-hydrogen) atoms. The number of para-hydroxylation sites is 1. The Morgan fingerprint density at radius 1 is 1.04 bits per heavy atom. The highest BCUT2D eigenvalue weighted by Crippen LogP contribution is 2.31. The molecule has 0 atom stereocenters. The van der Waals surface area contributed by atoms with Crippen molar-refractivity contribution in [3.63, 3.8) is 0 Å². The maximum absolute atomic E-state index is 11.4. The molecule has 0 bridgehead atoms. The van der Waals surface area contributed by atoms with Gasteiger partial charge in [-0.15, -0.1) is 0 Å². The summed E-state index contributed by atoms with van der Waals surface area (Å²) in [5.41, 5.74) is 0.757. The summed E-state index contributed by atoms with van der Waals surface area (Å²) >= 11 is 0. The fraction of sp³-hybridized carbons (Fsp3) is 0.333. The van der Waals surface area contributed by atoms with E-state index in [2.05, 4.69) is 6.92 Å². The third-order valence-electron chi connectivity index (χ3n) is 3.71. The second-order valence-corrected chi connectivity index (χ2v) is 7.02. The smallest absolute Gasteiger partial charge is 0.298 e. The van der Waals surface area contributed by atoms with E-state index in [-0.39, 0.29) is 16.4 Å². The number of hydrogen-bond donors (Lipinski definition) is 2. The molecule has 0 aliphatic carbocycles. The normalized spacial score (nSPS) is 11.4. The largest absolute Gasteiger partial charge is 0.508 e. The van der Waals surface area contributed by atoms with E-state index in [0.29, 0.717) is 5.75 Å². The number of hydrogen-bond acceptors (Lipinski definition) is 4. The second kappa shape index (κ2) is 8.17. The predicted octanol–water partition coefficient (Wildman–Crippen LogP) is 4.55. The van der Waals surface area contributed by atoms with Gasteiger partial charge in [-0.25, -0.2) is 0 Å². The van der Waals surface area contributed by atoms with Crippen LogP contribution in [0.15, 0.2) is 47.4 Å². The molecule has 130 valence electrons. The van der Waals surface area contributed by atoms with E-state index in [1.54, 1.807) is 18.2 Å². The van der Waals surface area contributed by atoms with Crippen LogP contribution >= 0.6 is 0 Å². The Bertz CT molecular complexity index is 784. The predicted molar refractivity (Wildman–Crippen MR) is 92.3 cm³/mol. The number of unbranched alkanes of at least 4 members (excludes halogenated alkanes) is 3. The number of aryl methyl sites for hydroxylation is 1. The standard InChI is InChI=1S/C18H22O5S/c1-2-3-4-5-8-14-13-15(11-12-16(14)19)23-17-9-6-7-10-18(17)24(20,21)22/h6-7,9-13,19H,2-5,8H2,1H3,(H,20,21,22). The third-order valence-corrected chi connectivity index (χ3v) is 4.60. The van der Waals surface area contributed by atoms with E-state index in [1.165, 1.54) is 24.3 Å². The molecular formula is C18H22O5S. The van der Waals surface area contributed by atoms with Crippen LogP contribution in [0.3, 0.4) is 0 Å². The second-order valence-electron chi connectivity index (χ2n) is 5.63. The number of rotatable bonds is 8. The van der Waals surface area contributed by atoms with Crippen molar-refractivity contribution in [2.75, 3.05) is 0 Å². The summed E-state index contributed by atoms with van der Waals surface area (Å²) in [6.45, 7) is 2.14. The fourth-order valence-electron chi connectivity index (χ4n) is 2.44. The summed E-state index contributed by atoms with van der Waals surface area (Å²) < 4.78 is 37.7. The molecule has 0 saturated heterocycles. The molecular weight excluding hydrogens is 328 g/mol. The molecule has 0 radical (unpaired) electrons. The van der Waals surface area contributed by atoms with Gasteiger partial charge in [0.2, 0.25) is 0 Å². The van der Waals surface area contributed by atoms with Gasteiger partial charge in [0.05, 0.1) is 0 Å². The van der Waals surface area contributed by atoms with Crippen LogP contribution in [0.4, 0.5) is 0 Å². The number of phenolic OH excluding ortho intramolecular Hbond substituents is 1. The van der Waals surface area contributed by atoms with Gasteiger partial charge >= 0.3 is 0 Å². The SMILES string of the molecule is CCCCCCc1cc(Oc2ccccc2S(=O)(=O)O)ccc1O. The van der Waals surface area contributed by atoms with Gasteiger partial charge in [0.15, 0.2) is 0 Å². The van der Waals surface area contributed by atoms with Crippen molar-refractivity contribution in [2.24, 2.45) is 0 Å². The van der Waals surface area contributed by atoms with Crippen LogP contribution in [0, 0.1) is 0 Å². The van der Waals surface area contributed by atoms with Crippen molar-refractivity contribution in [1.29, 1.82) is 0 Å². The van der Waals surface area contributed by atoms with Crippen LogP contribution < -0.4 is 4.74 Å². The van der Waals surface area contributed by atoms with E-state index in [9.17, 15) is 18.1 Å². The fourth-order valence-corrected chi connectivity index (χ4v) is 3.06. The zero-order valence-electron chi connectivity index (χ0n) is 13.6. The van der Waals surface area contributed by atoms with Gasteiger partial charge in [0, 0.05) is 0 Å². The van der Waals surface area contributed by atoms with Gasteiger partial charge in [0.1, 0.15) is 22.1 Å². The Morgan fingerprint density at radius 2 is 1.79 bits per heavy atom. The van der Waals surface area contributed by atoms with E-state index < -0.39 is 10.1 Å². The van der Waals surface area contributed by atoms with Gasteiger partial charge in [-0.3, -0.25) is 4.55 Å². The van der Waals surface area contributed by atoms with Crippen molar-refractivity contribution in [3.8, 4) is 17.2 Å². The zero-order valence-corrected chi connectivity index (χ0v) is 14.4. The van der Waals surface area contributed by atoms with Crippen LogP contribution in [0.2, 0.25) is 0 Å². The minimum absolute atomic E-state index is 0.0441. The molecule has 6 heteroatoms. The highest BCUT2D eigenvalue weighted by molar-refractivity contribution is 7.86. The van der Waals surface area contributed by atoms with Crippen LogP contribution in [0.5, 0.6) is 17.2 Å². The number of benzene rings is 2. The van der Waals surface area contributed by atoms with Crippen molar-refractivity contribution >= 4 is 10.1 Å². The lowest BCUT2D eigenvalue weighted by molar-refractivity contribution is 0.442. The molecule has 5 nitrogen and oxygen atoms in total. The Kier molecular flexibility index (Phi) is 6.23. The summed E-state index contributed by atoms with van der Waals surface area (Å²) in [5.74, 6) is 0.652. The van der Waals surface area contributed by atoms with Gasteiger partial charge in [-0.1, -0.05) is 38.3 Å². The van der Waals surface area contributed by atoms with Crippen molar-refractivity contribution in [3.05, 3.63) is 48.0 Å². The summed E-state index contributed by atoms with van der Waals surface area (Å²) in [6, 6.07) is 10.7. The Morgan fingerprint density at radius 3 is 2.50 bits per heavy atom. The Balaban J connectivity index is 2.19. The lowest BCUT2D eigenvalue weighted by Gasteiger charge is -2.11. The molecule has 0 saturated carbocycles. The summed E-state index contributed by atoms with van der Waals surface area (Å²) in [5, 5.41) is 9.95. The number of ether oxygens (including phenoxy) is 1. The minimum Gasteiger partial charge on any atom is -0.508 e. The van der Waals surface area contributed by atoms with E-state index in [4.69, 9.17) is 4.74 Å². The van der Waals surface area contributed by atoms with Gasteiger partial charge < -0.3 is 9.84 Å². The molecule has 0 spiro atoms. The van der Waals surface area contributed by atoms with Crippen LogP contribution in [-0.2, 0) is 16.5 Å². The van der Waals surface area contributed by atoms with Crippen LogP contribution in [-0.4, -0.2) is 18.1 Å². The van der Waals surface area contributed by atoms with Gasteiger partial charge in [-0.05, 0) is 48.7 Å². The quantitative estimate of drug-likeness (QED) is 0.539. The minimum atomic E-state index is -4.37. The molecule has 2 N–H and O–H groups in total. The van der Waals surface area contributed by atoms with Crippen LogP contribution in [0.25, 0.3) is 0 Å². The molecule has 0 aromatic heterocycles. The maximum Gasteiger partial charge on any atom is 0.298 e. The Labute approximate surface area is 142 Å². The van der Waals surface area contributed by atoms with Gasteiger partial charge in [-0.2, -0.15) is 8.42 Å². The summed E-state index contributed by atoms with van der Waals surface area (Å²) in [7, 11) is -4.37. The van der Waals surface area contributed by atoms with Crippen molar-refractivity contribution in [2.45, 2.75) is 43.9 Å². The van der Waals surface area contributed by atoms with Crippen molar-refractivity contribution in [1.82, 2.24) is 0 Å². The third kappa shape index (κ3) is 4.97. The number of aromatic hydroxyl groups is 1. The zero-order chi connectivity index (χ0) is 17.6. The van der Waals surface area contributed by atoms with Crippen molar-refractivity contribution < 1.29 is 22.8 Å². The summed E-state index contributed by atoms with van der Waals surface area (Å²) in [6.07, 6.45) is 5.07. The molecule has 2 aromatic rings. The summed E-state index contributed by atoms with van der Waals surface area (Å²) in [4.78, 5) is -0.289. The molecule has 0 heterocycles. The molecule has 0 fully saturated rings. The molecule has 2 aromatic carbocycles. The van der Waals surface area contributed by atoms with E-state index in [0.717, 1.165) is 37.7 Å². The molecule has 0 aliphatic rings. The first kappa shape index (κ1) is 18.3. The monoisotopic (exact) mass is 350 g/mol.